The molecule has 2 amide bonds. The number of anilines is 1. The number of aryl methyl sites for hydroxylation is 1. The number of benzene rings is 1. The summed E-state index contributed by atoms with van der Waals surface area (Å²) in [5.74, 6) is -3.19. The highest BCUT2D eigenvalue weighted by molar-refractivity contribution is 7.17. The molecule has 3 heterocycles. The Morgan fingerprint density at radius 1 is 1.24 bits per heavy atom. The number of hydrogen-bond acceptors (Lipinski definition) is 8. The Labute approximate surface area is 198 Å². The molecule has 1 aliphatic rings. The number of carbonyl (C=O) groups is 3. The first kappa shape index (κ1) is 23.1. The second-order valence-corrected chi connectivity index (χ2v) is 8.63. The predicted octanol–water partition coefficient (Wildman–Crippen LogP) is 1.96. The third-order valence-electron chi connectivity index (χ3n) is 5.27. The van der Waals surface area contributed by atoms with Crippen LogP contribution < -0.4 is 16.0 Å². The van der Waals surface area contributed by atoms with Crippen molar-refractivity contribution >= 4 is 34.1 Å². The smallest absolute Gasteiger partial charge is 0.339 e. The molecule has 12 heteroatoms. The number of aromatic carboxylic acids is 1. The van der Waals surface area contributed by atoms with Gasteiger partial charge in [0, 0.05) is 11.4 Å². The van der Waals surface area contributed by atoms with Crippen molar-refractivity contribution in [2.75, 3.05) is 18.4 Å². The topological polar surface area (TPSA) is 158 Å². The average Bonchev–Trinajstić information content (AvgIpc) is 3.38. The van der Waals surface area contributed by atoms with Crippen LogP contribution in [0.2, 0.25) is 0 Å². The Kier molecular flexibility index (Phi) is 6.43. The van der Waals surface area contributed by atoms with Crippen LogP contribution in [0, 0.1) is 6.92 Å². The van der Waals surface area contributed by atoms with Gasteiger partial charge in [0.25, 0.3) is 11.8 Å². The third kappa shape index (κ3) is 4.54. The van der Waals surface area contributed by atoms with Crippen LogP contribution >= 0.6 is 11.3 Å². The Bertz CT molecular complexity index is 1280. The van der Waals surface area contributed by atoms with Gasteiger partial charge < -0.3 is 26.2 Å². The first-order chi connectivity index (χ1) is 16.3. The van der Waals surface area contributed by atoms with Gasteiger partial charge in [0.2, 0.25) is 0 Å². The van der Waals surface area contributed by atoms with E-state index >= 15 is 0 Å². The first-order valence-electron chi connectivity index (χ1n) is 10.3. The Balaban J connectivity index is 1.53. The molecule has 0 radical (unpaired) electrons. The van der Waals surface area contributed by atoms with Gasteiger partial charge in [-0.2, -0.15) is 9.90 Å². The van der Waals surface area contributed by atoms with Crippen molar-refractivity contribution in [2.45, 2.75) is 19.4 Å². The van der Waals surface area contributed by atoms with E-state index in [0.717, 1.165) is 17.0 Å². The number of nitrogens with one attached hydrogen (secondary N) is 3. The fourth-order valence-electron chi connectivity index (χ4n) is 3.67. The quantitative estimate of drug-likeness (QED) is 0.252. The summed E-state index contributed by atoms with van der Waals surface area (Å²) < 4.78 is 0. The highest BCUT2D eigenvalue weighted by Gasteiger charge is 2.31. The summed E-state index contributed by atoms with van der Waals surface area (Å²) in [5, 5.41) is 36.2. The molecule has 3 aromatic rings. The molecule has 2 aromatic heterocycles. The molecule has 0 saturated carbocycles. The maximum atomic E-state index is 12.8. The van der Waals surface area contributed by atoms with Crippen molar-refractivity contribution in [1.82, 2.24) is 25.6 Å². The van der Waals surface area contributed by atoms with Crippen molar-refractivity contribution in [3.63, 3.8) is 0 Å². The second-order valence-electron chi connectivity index (χ2n) is 7.58. The van der Waals surface area contributed by atoms with Crippen LogP contribution in [0.4, 0.5) is 5.00 Å². The fourth-order valence-corrected chi connectivity index (χ4v) is 4.99. The molecule has 0 saturated heterocycles. The normalized spacial score (nSPS) is 14.8. The van der Waals surface area contributed by atoms with Gasteiger partial charge >= 0.3 is 5.97 Å². The number of hydrogen-bond donors (Lipinski definition) is 5. The van der Waals surface area contributed by atoms with E-state index in [1.54, 1.807) is 6.92 Å². The lowest BCUT2D eigenvalue weighted by atomic mass is 9.99. The first-order valence-corrected chi connectivity index (χ1v) is 11.2. The minimum atomic E-state index is -1.19. The van der Waals surface area contributed by atoms with Gasteiger partial charge in [-0.15, -0.1) is 16.4 Å². The lowest BCUT2D eigenvalue weighted by Crippen LogP contribution is -2.38. The van der Waals surface area contributed by atoms with Crippen LogP contribution in [0.15, 0.2) is 42.7 Å². The minimum Gasteiger partial charge on any atom is -0.503 e. The molecule has 0 bridgehead atoms. The molecular weight excluding hydrogens is 460 g/mol. The molecule has 1 unspecified atom stereocenters. The standard InChI is InChI=1S/C22H22N6O5S/c1-11-17(27-28(26-11)13-6-4-3-5-7-13)20(31)24-10-15-18-14(8-9-23-15)16(22(32)33)21(34-18)25-19(30)12(2)29/h3-7,15,23,29H,2,8-10H2,1H3,(H,24,31)(H,25,30)(H,32,33). The number of thiophene rings is 1. The predicted molar refractivity (Wildman–Crippen MR) is 125 cm³/mol. The number of aliphatic hydroxyl groups excluding tert-OH is 1. The largest absolute Gasteiger partial charge is 0.503 e. The molecule has 11 nitrogen and oxygen atoms in total. The lowest BCUT2D eigenvalue weighted by molar-refractivity contribution is -0.115. The molecule has 34 heavy (non-hydrogen) atoms. The van der Waals surface area contributed by atoms with Crippen molar-refractivity contribution in [2.24, 2.45) is 0 Å². The molecule has 176 valence electrons. The zero-order valence-corrected chi connectivity index (χ0v) is 19.0. The SMILES string of the molecule is C=C(O)C(=O)Nc1sc2c(c1C(=O)O)CCNC2CNC(=O)c1nn(-c2ccccc2)nc1C. The molecule has 0 aliphatic carbocycles. The average molecular weight is 483 g/mol. The molecule has 5 N–H and O–H groups in total. The number of fused-ring (bicyclic) bond motifs is 1. The second kappa shape index (κ2) is 9.45. The van der Waals surface area contributed by atoms with E-state index in [9.17, 15) is 24.6 Å². The summed E-state index contributed by atoms with van der Waals surface area (Å²) in [6.07, 6.45) is 0.443. The van der Waals surface area contributed by atoms with Gasteiger partial charge in [-0.1, -0.05) is 24.8 Å². The van der Waals surface area contributed by atoms with E-state index in [1.165, 1.54) is 4.80 Å². The van der Waals surface area contributed by atoms with Crippen LogP contribution in [0.3, 0.4) is 0 Å². The fraction of sp³-hybridized carbons (Fsp3) is 0.227. The Hall–Kier alpha value is -4.03. The maximum absolute atomic E-state index is 12.8. The van der Waals surface area contributed by atoms with Gasteiger partial charge in [0.05, 0.1) is 23.0 Å². The lowest BCUT2D eigenvalue weighted by Gasteiger charge is -2.24. The molecule has 1 aliphatic heterocycles. The Morgan fingerprint density at radius 2 is 1.97 bits per heavy atom. The number of para-hydroxylation sites is 1. The summed E-state index contributed by atoms with van der Waals surface area (Å²) in [6, 6.07) is 8.85. The van der Waals surface area contributed by atoms with Crippen molar-refractivity contribution in [3.8, 4) is 5.69 Å². The zero-order chi connectivity index (χ0) is 24.4. The summed E-state index contributed by atoms with van der Waals surface area (Å²) in [5.41, 5.74) is 1.95. The van der Waals surface area contributed by atoms with Gasteiger partial charge in [0.1, 0.15) is 5.00 Å². The maximum Gasteiger partial charge on any atom is 0.339 e. The molecule has 1 aromatic carbocycles. The van der Waals surface area contributed by atoms with E-state index in [2.05, 4.69) is 32.7 Å². The number of rotatable bonds is 7. The highest BCUT2D eigenvalue weighted by Crippen LogP contribution is 2.39. The van der Waals surface area contributed by atoms with Gasteiger partial charge in [-0.05, 0) is 37.6 Å². The summed E-state index contributed by atoms with van der Waals surface area (Å²) in [6.45, 7) is 5.52. The van der Waals surface area contributed by atoms with Gasteiger partial charge in [-0.25, -0.2) is 4.79 Å². The van der Waals surface area contributed by atoms with Crippen molar-refractivity contribution < 1.29 is 24.6 Å². The molecular formula is C22H22N6O5S. The Morgan fingerprint density at radius 3 is 2.65 bits per heavy atom. The number of carboxylic acids is 1. The number of nitrogens with zero attached hydrogens (tertiary/aromatic N) is 3. The number of aromatic nitrogens is 3. The van der Waals surface area contributed by atoms with Crippen molar-refractivity contribution in [3.05, 3.63) is 70.1 Å². The van der Waals surface area contributed by atoms with E-state index in [-0.39, 0.29) is 28.8 Å². The van der Waals surface area contributed by atoms with Gasteiger partial charge in [0.15, 0.2) is 11.5 Å². The summed E-state index contributed by atoms with van der Waals surface area (Å²) in [4.78, 5) is 38.6. The minimum absolute atomic E-state index is 0.0194. The number of carbonyl (C=O) groups excluding carboxylic acids is 2. The molecule has 0 fully saturated rings. The zero-order valence-electron chi connectivity index (χ0n) is 18.2. The summed E-state index contributed by atoms with van der Waals surface area (Å²) in [7, 11) is 0. The van der Waals surface area contributed by atoms with Crippen LogP contribution in [-0.2, 0) is 11.2 Å². The van der Waals surface area contributed by atoms with Crippen molar-refractivity contribution in [1.29, 1.82) is 0 Å². The molecule has 4 rings (SSSR count). The highest BCUT2D eigenvalue weighted by atomic mass is 32.1. The number of amides is 2. The third-order valence-corrected chi connectivity index (χ3v) is 6.54. The molecule has 1 atom stereocenters. The molecule has 0 spiro atoms. The van der Waals surface area contributed by atoms with E-state index in [4.69, 9.17) is 0 Å². The van der Waals surface area contributed by atoms with Gasteiger partial charge in [-0.3, -0.25) is 9.59 Å². The van der Waals surface area contributed by atoms with Crippen LogP contribution in [-0.4, -0.2) is 56.1 Å². The number of carboxylic acid groups (broad SMARTS) is 1. The summed E-state index contributed by atoms with van der Waals surface area (Å²) >= 11 is 1.09. The van der Waals surface area contributed by atoms with Crippen LogP contribution in [0.25, 0.3) is 5.69 Å². The van der Waals surface area contributed by atoms with E-state index in [0.29, 0.717) is 29.1 Å². The van der Waals surface area contributed by atoms with E-state index in [1.807, 2.05) is 30.3 Å². The monoisotopic (exact) mass is 482 g/mol. The van der Waals surface area contributed by atoms with Crippen LogP contribution in [0.1, 0.15) is 43.0 Å². The van der Waals surface area contributed by atoms with E-state index < -0.39 is 23.5 Å². The van der Waals surface area contributed by atoms with Crippen LogP contribution in [0.5, 0.6) is 0 Å². The number of aliphatic hydroxyl groups is 1.